The number of amides is 1. The van der Waals surface area contributed by atoms with Crippen LogP contribution in [0.5, 0.6) is 0 Å². The third-order valence-corrected chi connectivity index (χ3v) is 7.52. The van der Waals surface area contributed by atoms with Crippen LogP contribution in [0.1, 0.15) is 91.3 Å². The molecule has 1 saturated heterocycles. The lowest BCUT2D eigenvalue weighted by Gasteiger charge is -2.36. The fourth-order valence-electron chi connectivity index (χ4n) is 4.13. The summed E-state index contributed by atoms with van der Waals surface area (Å²) in [6.45, 7) is 21.1. The first-order valence-corrected chi connectivity index (χ1v) is 13.8. The maximum atomic E-state index is 12.9. The third-order valence-electron chi connectivity index (χ3n) is 6.54. The lowest BCUT2D eigenvalue weighted by Crippen LogP contribution is -2.42. The molecule has 0 aliphatic carbocycles. The number of likely N-dealkylation sites (tertiary alicyclic amines) is 1. The first-order valence-electron chi connectivity index (χ1n) is 12.9. The first-order chi connectivity index (χ1) is 17.4. The molecule has 0 unspecified atom stereocenters. The first kappa shape index (κ1) is 30.5. The molecule has 204 valence electrons. The standard InChI is InChI=1S/C29H43FN4O2S/c1-10-13-23(14-12-17-30)25(34(31-9)28(4,5)6)21(3)26-32-24(20-37-26)22-15-18-33(19-16-22)27(35)36-29(7,8)11-2/h10,12-14,17,20,22H,9,11,15-16,18-19H2,1-8H3/b13-10-,17-12+,23-14+,25-21?. The van der Waals surface area contributed by atoms with Crippen LogP contribution in [0.4, 0.5) is 9.18 Å². The topological polar surface area (TPSA) is 58.0 Å². The van der Waals surface area contributed by atoms with Gasteiger partial charge in [-0.15, -0.1) is 11.3 Å². The van der Waals surface area contributed by atoms with Crippen molar-refractivity contribution >= 4 is 29.7 Å². The molecule has 0 bridgehead atoms. The maximum absolute atomic E-state index is 12.9. The summed E-state index contributed by atoms with van der Waals surface area (Å²) in [6, 6.07) is 0. The van der Waals surface area contributed by atoms with E-state index in [9.17, 15) is 9.18 Å². The SMILES string of the molecule is C=NN(C(=C(C)c1nc(C2CCN(C(=O)OC(C)(C)CC)CC2)cs1)C(/C=C\C)=C/C=C/F)C(C)(C)C. The van der Waals surface area contributed by atoms with E-state index in [0.29, 0.717) is 19.4 Å². The number of halogens is 1. The summed E-state index contributed by atoms with van der Waals surface area (Å²) in [4.78, 5) is 19.4. The van der Waals surface area contributed by atoms with Crippen LogP contribution in [0.3, 0.4) is 0 Å². The Morgan fingerprint density at radius 3 is 2.49 bits per heavy atom. The average molecular weight is 531 g/mol. The van der Waals surface area contributed by atoms with Crippen LogP contribution in [0.15, 0.2) is 52.4 Å². The number of ether oxygens (including phenoxy) is 1. The minimum Gasteiger partial charge on any atom is -0.443 e. The summed E-state index contributed by atoms with van der Waals surface area (Å²) < 4.78 is 18.6. The molecule has 0 atom stereocenters. The fraction of sp³-hybridized carbons (Fsp3) is 0.552. The molecule has 1 aromatic rings. The zero-order chi connectivity index (χ0) is 27.8. The predicted molar refractivity (Wildman–Crippen MR) is 153 cm³/mol. The molecule has 0 aromatic carbocycles. The zero-order valence-electron chi connectivity index (χ0n) is 23.7. The van der Waals surface area contributed by atoms with Crippen molar-refractivity contribution in [1.82, 2.24) is 14.9 Å². The average Bonchev–Trinajstić information content (AvgIpc) is 3.34. The van der Waals surface area contributed by atoms with E-state index in [1.54, 1.807) is 22.3 Å². The van der Waals surface area contributed by atoms with E-state index in [0.717, 1.165) is 46.8 Å². The van der Waals surface area contributed by atoms with Gasteiger partial charge in [-0.2, -0.15) is 5.10 Å². The Balaban J connectivity index is 2.35. The summed E-state index contributed by atoms with van der Waals surface area (Å²) >= 11 is 1.59. The molecule has 1 fully saturated rings. The number of hydrazone groups is 1. The number of thiazole rings is 1. The Labute approximate surface area is 226 Å². The second-order valence-corrected chi connectivity index (χ2v) is 11.7. The van der Waals surface area contributed by atoms with Crippen molar-refractivity contribution in [3.05, 3.63) is 58.0 Å². The number of hydrogen-bond acceptors (Lipinski definition) is 6. The van der Waals surface area contributed by atoms with Crippen LogP contribution >= 0.6 is 11.3 Å². The Bertz CT molecular complexity index is 1050. The molecular weight excluding hydrogens is 487 g/mol. The van der Waals surface area contributed by atoms with Crippen LogP contribution in [-0.2, 0) is 4.74 Å². The van der Waals surface area contributed by atoms with Crippen LogP contribution in [-0.4, -0.2) is 51.9 Å². The summed E-state index contributed by atoms with van der Waals surface area (Å²) in [5.74, 6) is 0.278. The van der Waals surface area contributed by atoms with Crippen molar-refractivity contribution < 1.29 is 13.9 Å². The van der Waals surface area contributed by atoms with Crippen LogP contribution < -0.4 is 0 Å². The number of aromatic nitrogens is 1. The van der Waals surface area contributed by atoms with E-state index >= 15 is 0 Å². The number of allylic oxidation sites excluding steroid dienone is 5. The Morgan fingerprint density at radius 2 is 1.97 bits per heavy atom. The van der Waals surface area contributed by atoms with Crippen molar-refractivity contribution in [2.24, 2.45) is 5.10 Å². The van der Waals surface area contributed by atoms with Gasteiger partial charge in [0, 0.05) is 36.7 Å². The normalized spacial score (nSPS) is 16.9. The van der Waals surface area contributed by atoms with Gasteiger partial charge in [-0.25, -0.2) is 14.2 Å². The number of nitrogens with zero attached hydrogens (tertiary/aromatic N) is 4. The van der Waals surface area contributed by atoms with Gasteiger partial charge in [-0.3, -0.25) is 5.01 Å². The van der Waals surface area contributed by atoms with Crippen molar-refractivity contribution in [2.75, 3.05) is 13.1 Å². The van der Waals surface area contributed by atoms with Crippen molar-refractivity contribution in [3.8, 4) is 0 Å². The number of rotatable bonds is 9. The monoisotopic (exact) mass is 530 g/mol. The molecule has 6 nitrogen and oxygen atoms in total. The molecule has 1 aromatic heterocycles. The summed E-state index contributed by atoms with van der Waals surface area (Å²) in [6.07, 6.45) is 9.70. The Kier molecular flexibility index (Phi) is 10.9. The van der Waals surface area contributed by atoms with E-state index in [1.807, 2.05) is 51.8 Å². The molecule has 0 saturated carbocycles. The summed E-state index contributed by atoms with van der Waals surface area (Å²) in [7, 11) is 0. The molecule has 1 amide bonds. The van der Waals surface area contributed by atoms with Crippen LogP contribution in [0, 0.1) is 0 Å². The molecule has 0 spiro atoms. The van der Waals surface area contributed by atoms with E-state index in [-0.39, 0.29) is 17.6 Å². The smallest absolute Gasteiger partial charge is 0.410 e. The van der Waals surface area contributed by atoms with Gasteiger partial charge in [0.2, 0.25) is 0 Å². The molecule has 1 aliphatic rings. The molecule has 1 aliphatic heterocycles. The van der Waals surface area contributed by atoms with Gasteiger partial charge in [0.1, 0.15) is 10.6 Å². The highest BCUT2D eigenvalue weighted by Crippen LogP contribution is 2.36. The lowest BCUT2D eigenvalue weighted by molar-refractivity contribution is 0.00744. The number of carbonyl (C=O) groups is 1. The molecule has 8 heteroatoms. The molecule has 0 N–H and O–H groups in total. The van der Waals surface area contributed by atoms with Crippen LogP contribution in [0.25, 0.3) is 5.57 Å². The second-order valence-electron chi connectivity index (χ2n) is 10.9. The van der Waals surface area contributed by atoms with Gasteiger partial charge in [0.15, 0.2) is 0 Å². The highest BCUT2D eigenvalue weighted by atomic mass is 32.1. The zero-order valence-corrected chi connectivity index (χ0v) is 24.5. The second kappa shape index (κ2) is 13.2. The molecule has 2 rings (SSSR count). The highest BCUT2D eigenvalue weighted by molar-refractivity contribution is 7.10. The minimum atomic E-state index is -0.458. The van der Waals surface area contributed by atoms with Gasteiger partial charge in [-0.05, 0) is 79.4 Å². The fourth-order valence-corrected chi connectivity index (χ4v) is 5.04. The van der Waals surface area contributed by atoms with Crippen molar-refractivity contribution in [2.45, 2.75) is 91.7 Å². The quantitative estimate of drug-likeness (QED) is 0.184. The number of piperidine rings is 1. The highest BCUT2D eigenvalue weighted by Gasteiger charge is 2.31. The lowest BCUT2D eigenvalue weighted by atomic mass is 9.94. The molecule has 37 heavy (non-hydrogen) atoms. The van der Waals surface area contributed by atoms with Gasteiger partial charge in [-0.1, -0.05) is 25.2 Å². The van der Waals surface area contributed by atoms with E-state index in [1.165, 1.54) is 6.08 Å². The molecule has 2 heterocycles. The van der Waals surface area contributed by atoms with Gasteiger partial charge < -0.3 is 9.64 Å². The maximum Gasteiger partial charge on any atom is 0.410 e. The Hall–Kier alpha value is -2.74. The minimum absolute atomic E-state index is 0.238. The van der Waals surface area contributed by atoms with Crippen LogP contribution in [0.2, 0.25) is 0 Å². The summed E-state index contributed by atoms with van der Waals surface area (Å²) in [5.41, 5.74) is 2.81. The Morgan fingerprint density at radius 1 is 1.32 bits per heavy atom. The third kappa shape index (κ3) is 8.12. The number of hydrogen-bond donors (Lipinski definition) is 0. The van der Waals surface area contributed by atoms with Gasteiger partial charge >= 0.3 is 6.09 Å². The summed E-state index contributed by atoms with van der Waals surface area (Å²) in [5, 5.41) is 9.19. The van der Waals surface area contributed by atoms with E-state index in [2.05, 4.69) is 38.0 Å². The van der Waals surface area contributed by atoms with Crippen molar-refractivity contribution in [3.63, 3.8) is 0 Å². The van der Waals surface area contributed by atoms with E-state index < -0.39 is 5.60 Å². The van der Waals surface area contributed by atoms with Crippen molar-refractivity contribution in [1.29, 1.82) is 0 Å². The molecular formula is C29H43FN4O2S. The predicted octanol–water partition coefficient (Wildman–Crippen LogP) is 8.08. The van der Waals surface area contributed by atoms with Gasteiger partial charge in [0.25, 0.3) is 0 Å². The largest absolute Gasteiger partial charge is 0.443 e. The number of carbonyl (C=O) groups excluding carboxylic acids is 1. The van der Waals surface area contributed by atoms with Gasteiger partial charge in [0.05, 0.1) is 23.3 Å². The van der Waals surface area contributed by atoms with E-state index in [4.69, 9.17) is 9.72 Å². The molecule has 0 radical (unpaired) electrons.